The topological polar surface area (TPSA) is 41.5 Å². The van der Waals surface area contributed by atoms with Gasteiger partial charge in [-0.2, -0.15) is 5.10 Å². The van der Waals surface area contributed by atoms with Crippen molar-refractivity contribution in [1.29, 1.82) is 0 Å². The number of aryl methyl sites for hydroxylation is 1. The Hall–Kier alpha value is -1.64. The summed E-state index contributed by atoms with van der Waals surface area (Å²) in [5.74, 6) is -0.143. The minimum Gasteiger partial charge on any atom is -0.267 e. The number of nitrogens with one attached hydrogen (secondary N) is 1. The van der Waals surface area contributed by atoms with E-state index >= 15 is 0 Å². The lowest BCUT2D eigenvalue weighted by molar-refractivity contribution is 0.0954. The fourth-order valence-corrected chi connectivity index (χ4v) is 2.02. The summed E-state index contributed by atoms with van der Waals surface area (Å²) in [6.07, 6.45) is 4.12. The molecule has 1 aromatic carbocycles. The molecular weight excluding hydrogens is 260 g/mol. The third kappa shape index (κ3) is 5.70. The zero-order valence-electron chi connectivity index (χ0n) is 14.0. The minimum absolute atomic E-state index is 0.0193. The molecule has 0 saturated heterocycles. The Balaban J connectivity index is 2.76. The zero-order chi connectivity index (χ0) is 15.9. The van der Waals surface area contributed by atoms with Crippen LogP contribution in [0.3, 0.4) is 0 Å². The maximum atomic E-state index is 12.1. The molecule has 3 heteroatoms. The normalized spacial score (nSPS) is 12.3. The van der Waals surface area contributed by atoms with Crippen molar-refractivity contribution in [1.82, 2.24) is 5.43 Å². The second-order valence-electron chi connectivity index (χ2n) is 6.40. The van der Waals surface area contributed by atoms with Crippen molar-refractivity contribution in [3.8, 4) is 0 Å². The highest BCUT2D eigenvalue weighted by molar-refractivity contribution is 5.96. The van der Waals surface area contributed by atoms with E-state index in [1.807, 2.05) is 24.3 Å². The van der Waals surface area contributed by atoms with Gasteiger partial charge in [-0.15, -0.1) is 0 Å². The summed E-state index contributed by atoms with van der Waals surface area (Å²) in [6.45, 7) is 10.6. The number of nitrogens with zero attached hydrogens (tertiary/aromatic N) is 1. The molecule has 0 heterocycles. The molecule has 0 aliphatic heterocycles. The molecule has 0 aliphatic carbocycles. The van der Waals surface area contributed by atoms with Crippen molar-refractivity contribution in [3.05, 3.63) is 35.4 Å². The lowest BCUT2D eigenvalue weighted by atomic mass is 9.87. The van der Waals surface area contributed by atoms with Crippen LogP contribution in [0.4, 0.5) is 0 Å². The van der Waals surface area contributed by atoms with Crippen molar-refractivity contribution in [2.24, 2.45) is 10.5 Å². The summed E-state index contributed by atoms with van der Waals surface area (Å²) >= 11 is 0. The van der Waals surface area contributed by atoms with Gasteiger partial charge in [0.15, 0.2) is 0 Å². The van der Waals surface area contributed by atoms with E-state index in [1.165, 1.54) is 5.56 Å². The highest BCUT2D eigenvalue weighted by atomic mass is 16.2. The van der Waals surface area contributed by atoms with Gasteiger partial charge in [0.05, 0.1) is 0 Å². The number of carbonyl (C=O) groups excluding carboxylic acids is 1. The molecule has 0 spiro atoms. The van der Waals surface area contributed by atoms with Gasteiger partial charge in [-0.25, -0.2) is 5.43 Å². The van der Waals surface area contributed by atoms with Gasteiger partial charge in [-0.1, -0.05) is 53.2 Å². The number of amides is 1. The van der Waals surface area contributed by atoms with Crippen LogP contribution in [0.15, 0.2) is 29.4 Å². The Labute approximate surface area is 128 Å². The number of hydrazone groups is 1. The molecule has 0 saturated carbocycles. The van der Waals surface area contributed by atoms with Crippen LogP contribution in [-0.2, 0) is 6.42 Å². The standard InChI is InChI=1S/C18H28N2O/c1-6-8-9-16(18(3,4)5)19-20-17(21)15-12-10-14(7-2)11-13-15/h10-13H,6-9H2,1-5H3,(H,20,21)/b19-16+. The van der Waals surface area contributed by atoms with Crippen LogP contribution in [0.5, 0.6) is 0 Å². The largest absolute Gasteiger partial charge is 0.271 e. The summed E-state index contributed by atoms with van der Waals surface area (Å²) in [7, 11) is 0. The maximum Gasteiger partial charge on any atom is 0.271 e. The molecule has 21 heavy (non-hydrogen) atoms. The monoisotopic (exact) mass is 288 g/mol. The summed E-state index contributed by atoms with van der Waals surface area (Å²) < 4.78 is 0. The van der Waals surface area contributed by atoms with E-state index < -0.39 is 0 Å². The maximum absolute atomic E-state index is 12.1. The molecule has 0 unspecified atom stereocenters. The van der Waals surface area contributed by atoms with Gasteiger partial charge in [-0.3, -0.25) is 4.79 Å². The molecule has 3 nitrogen and oxygen atoms in total. The lowest BCUT2D eigenvalue weighted by Crippen LogP contribution is -2.26. The second-order valence-corrected chi connectivity index (χ2v) is 6.40. The predicted molar refractivity (Wildman–Crippen MR) is 89.7 cm³/mol. The molecule has 0 aliphatic rings. The first-order chi connectivity index (χ1) is 9.88. The van der Waals surface area contributed by atoms with Gasteiger partial charge in [0.1, 0.15) is 0 Å². The Morgan fingerprint density at radius 2 is 1.76 bits per heavy atom. The number of unbranched alkanes of at least 4 members (excludes halogenated alkanes) is 1. The summed E-state index contributed by atoms with van der Waals surface area (Å²) in [6, 6.07) is 7.68. The molecule has 0 aromatic heterocycles. The van der Waals surface area contributed by atoms with Crippen LogP contribution in [0.2, 0.25) is 0 Å². The van der Waals surface area contributed by atoms with E-state index in [4.69, 9.17) is 0 Å². The second kappa shape index (κ2) is 7.96. The summed E-state index contributed by atoms with van der Waals surface area (Å²) in [4.78, 5) is 12.1. The molecule has 0 fully saturated rings. The number of hydrogen-bond donors (Lipinski definition) is 1. The molecule has 1 N–H and O–H groups in total. The first kappa shape index (κ1) is 17.4. The highest BCUT2D eigenvalue weighted by Crippen LogP contribution is 2.20. The number of carbonyl (C=O) groups is 1. The molecule has 0 radical (unpaired) electrons. The molecule has 1 aromatic rings. The Morgan fingerprint density at radius 1 is 1.14 bits per heavy atom. The molecule has 1 amide bonds. The molecule has 0 atom stereocenters. The average molecular weight is 288 g/mol. The number of rotatable bonds is 6. The third-order valence-corrected chi connectivity index (χ3v) is 3.55. The molecule has 1 rings (SSSR count). The van der Waals surface area contributed by atoms with Gasteiger partial charge < -0.3 is 0 Å². The first-order valence-electron chi connectivity index (χ1n) is 7.84. The Kier molecular flexibility index (Phi) is 6.60. The lowest BCUT2D eigenvalue weighted by Gasteiger charge is -2.21. The SMILES string of the molecule is CCCC/C(=N\NC(=O)c1ccc(CC)cc1)C(C)(C)C. The van der Waals surface area contributed by atoms with Crippen LogP contribution < -0.4 is 5.43 Å². The summed E-state index contributed by atoms with van der Waals surface area (Å²) in [5.41, 5.74) is 5.61. The van der Waals surface area contributed by atoms with Crippen molar-refractivity contribution < 1.29 is 4.79 Å². The fraction of sp³-hybridized carbons (Fsp3) is 0.556. The van der Waals surface area contributed by atoms with Crippen LogP contribution in [0, 0.1) is 5.41 Å². The van der Waals surface area contributed by atoms with E-state index in [9.17, 15) is 4.79 Å². The van der Waals surface area contributed by atoms with Crippen molar-refractivity contribution >= 4 is 11.6 Å². The first-order valence-corrected chi connectivity index (χ1v) is 7.84. The van der Waals surface area contributed by atoms with E-state index in [0.717, 1.165) is 31.4 Å². The van der Waals surface area contributed by atoms with E-state index in [0.29, 0.717) is 5.56 Å². The van der Waals surface area contributed by atoms with Crippen LogP contribution >= 0.6 is 0 Å². The van der Waals surface area contributed by atoms with E-state index in [2.05, 4.69) is 45.1 Å². The Morgan fingerprint density at radius 3 is 2.24 bits per heavy atom. The molecule has 116 valence electrons. The van der Waals surface area contributed by atoms with Crippen LogP contribution in [0.25, 0.3) is 0 Å². The number of benzene rings is 1. The van der Waals surface area contributed by atoms with Crippen LogP contribution in [-0.4, -0.2) is 11.6 Å². The van der Waals surface area contributed by atoms with Crippen molar-refractivity contribution in [2.75, 3.05) is 0 Å². The quantitative estimate of drug-likeness (QED) is 0.604. The van der Waals surface area contributed by atoms with Gasteiger partial charge in [0.25, 0.3) is 5.91 Å². The van der Waals surface area contributed by atoms with Crippen molar-refractivity contribution in [3.63, 3.8) is 0 Å². The van der Waals surface area contributed by atoms with E-state index in [1.54, 1.807) is 0 Å². The zero-order valence-corrected chi connectivity index (χ0v) is 14.0. The van der Waals surface area contributed by atoms with Gasteiger partial charge in [-0.05, 0) is 37.0 Å². The molecule has 0 bridgehead atoms. The average Bonchev–Trinajstić information content (AvgIpc) is 2.45. The van der Waals surface area contributed by atoms with Crippen molar-refractivity contribution in [2.45, 2.75) is 60.3 Å². The third-order valence-electron chi connectivity index (χ3n) is 3.55. The highest BCUT2D eigenvalue weighted by Gasteiger charge is 2.19. The molecular formula is C18H28N2O. The van der Waals surface area contributed by atoms with Gasteiger partial charge in [0.2, 0.25) is 0 Å². The number of hydrogen-bond acceptors (Lipinski definition) is 2. The smallest absolute Gasteiger partial charge is 0.267 e. The summed E-state index contributed by atoms with van der Waals surface area (Å²) in [5, 5.41) is 4.37. The Bertz CT molecular complexity index is 481. The van der Waals surface area contributed by atoms with E-state index in [-0.39, 0.29) is 11.3 Å². The van der Waals surface area contributed by atoms with Gasteiger partial charge in [0, 0.05) is 16.7 Å². The fourth-order valence-electron chi connectivity index (χ4n) is 2.02. The van der Waals surface area contributed by atoms with Crippen LogP contribution in [0.1, 0.15) is 69.8 Å². The minimum atomic E-state index is -0.143. The van der Waals surface area contributed by atoms with Gasteiger partial charge >= 0.3 is 0 Å². The predicted octanol–water partition coefficient (Wildman–Crippen LogP) is 4.57.